The lowest BCUT2D eigenvalue weighted by atomic mass is 9.99. The molecule has 0 unspecified atom stereocenters. The molecule has 0 fully saturated rings. The van der Waals surface area contributed by atoms with Crippen molar-refractivity contribution in [3.05, 3.63) is 76.0 Å². The first-order valence-corrected chi connectivity index (χ1v) is 10.9. The van der Waals surface area contributed by atoms with E-state index in [1.165, 1.54) is 0 Å². The van der Waals surface area contributed by atoms with Gasteiger partial charge in [0, 0.05) is 12.8 Å². The SMILES string of the molecule is CCCC(=O)n1nc(CCC(C)C)n(Cc2ccc(-c3ccccc3C(=O)O)cc2)c1=O. The highest BCUT2D eigenvalue weighted by Crippen LogP contribution is 2.24. The van der Waals surface area contributed by atoms with Crippen LogP contribution in [0.1, 0.15) is 66.6 Å². The molecule has 3 rings (SSSR count). The van der Waals surface area contributed by atoms with E-state index in [4.69, 9.17) is 0 Å². The van der Waals surface area contributed by atoms with Crippen LogP contribution < -0.4 is 5.69 Å². The van der Waals surface area contributed by atoms with E-state index in [-0.39, 0.29) is 17.9 Å². The Morgan fingerprint density at radius 1 is 1.06 bits per heavy atom. The van der Waals surface area contributed by atoms with Gasteiger partial charge in [-0.15, -0.1) is 9.78 Å². The molecule has 0 saturated carbocycles. The minimum absolute atomic E-state index is 0.239. The van der Waals surface area contributed by atoms with Gasteiger partial charge < -0.3 is 5.11 Å². The van der Waals surface area contributed by atoms with Crippen LogP contribution in [0.25, 0.3) is 11.1 Å². The molecule has 0 amide bonds. The summed E-state index contributed by atoms with van der Waals surface area (Å²) in [5, 5.41) is 13.8. The first kappa shape index (κ1) is 23.2. The second-order valence-corrected chi connectivity index (χ2v) is 8.32. The molecule has 7 nitrogen and oxygen atoms in total. The van der Waals surface area contributed by atoms with Crippen LogP contribution in [0.2, 0.25) is 0 Å². The Labute approximate surface area is 187 Å². The third-order valence-electron chi connectivity index (χ3n) is 5.35. The number of carbonyl (C=O) groups is 2. The van der Waals surface area contributed by atoms with E-state index in [2.05, 4.69) is 18.9 Å². The highest BCUT2D eigenvalue weighted by molar-refractivity contribution is 5.96. The topological polar surface area (TPSA) is 94.2 Å². The van der Waals surface area contributed by atoms with Crippen molar-refractivity contribution < 1.29 is 14.7 Å². The molecule has 0 aliphatic heterocycles. The van der Waals surface area contributed by atoms with E-state index >= 15 is 0 Å². The van der Waals surface area contributed by atoms with E-state index in [0.29, 0.717) is 36.7 Å². The molecule has 1 aromatic heterocycles. The maximum Gasteiger partial charge on any atom is 0.353 e. The molecule has 7 heteroatoms. The lowest BCUT2D eigenvalue weighted by Gasteiger charge is -2.09. The summed E-state index contributed by atoms with van der Waals surface area (Å²) in [5.74, 6) is -0.213. The lowest BCUT2D eigenvalue weighted by Crippen LogP contribution is -2.30. The number of rotatable bonds is 9. The van der Waals surface area contributed by atoms with Crippen molar-refractivity contribution in [1.82, 2.24) is 14.3 Å². The monoisotopic (exact) mass is 435 g/mol. The number of aromatic carboxylic acids is 1. The molecule has 0 radical (unpaired) electrons. The van der Waals surface area contributed by atoms with Crippen LogP contribution >= 0.6 is 0 Å². The van der Waals surface area contributed by atoms with Crippen molar-refractivity contribution >= 4 is 11.9 Å². The molecular weight excluding hydrogens is 406 g/mol. The summed E-state index contributed by atoms with van der Waals surface area (Å²) in [4.78, 5) is 36.8. The molecular formula is C25H29N3O4. The maximum atomic E-state index is 12.9. The number of carboxylic acid groups (broad SMARTS) is 1. The van der Waals surface area contributed by atoms with E-state index in [0.717, 1.165) is 22.2 Å². The van der Waals surface area contributed by atoms with Gasteiger partial charge in [0.1, 0.15) is 5.82 Å². The first-order chi connectivity index (χ1) is 15.3. The second-order valence-electron chi connectivity index (χ2n) is 8.32. The van der Waals surface area contributed by atoms with Crippen molar-refractivity contribution in [2.24, 2.45) is 5.92 Å². The molecule has 0 spiro atoms. The predicted molar refractivity (Wildman–Crippen MR) is 123 cm³/mol. The second kappa shape index (κ2) is 10.2. The number of carbonyl (C=O) groups excluding carboxylic acids is 1. The van der Waals surface area contributed by atoms with Gasteiger partial charge in [0.05, 0.1) is 12.1 Å². The zero-order chi connectivity index (χ0) is 23.3. The molecule has 0 aliphatic carbocycles. The van der Waals surface area contributed by atoms with Gasteiger partial charge in [-0.05, 0) is 41.5 Å². The predicted octanol–water partition coefficient (Wildman–Crippen LogP) is 4.49. The summed E-state index contributed by atoms with van der Waals surface area (Å²) >= 11 is 0. The third kappa shape index (κ3) is 5.22. The van der Waals surface area contributed by atoms with Crippen molar-refractivity contribution in [3.8, 4) is 11.1 Å². The van der Waals surface area contributed by atoms with E-state index in [1.807, 2.05) is 31.2 Å². The lowest BCUT2D eigenvalue weighted by molar-refractivity contribution is 0.0697. The molecule has 2 aromatic carbocycles. The zero-order valence-electron chi connectivity index (χ0n) is 18.7. The van der Waals surface area contributed by atoms with E-state index < -0.39 is 11.7 Å². The molecule has 168 valence electrons. The molecule has 3 aromatic rings. The standard InChI is InChI=1S/C25H29N3O4/c1-4-7-23(29)28-25(32)27(22(26-28)15-10-17(2)3)16-18-11-13-19(14-12-18)20-8-5-6-9-21(20)24(30)31/h5-6,8-9,11-14,17H,4,7,10,15-16H2,1-3H3,(H,30,31). The van der Waals surface area contributed by atoms with Crippen molar-refractivity contribution in [1.29, 1.82) is 0 Å². The Morgan fingerprint density at radius 2 is 1.75 bits per heavy atom. The molecule has 0 aliphatic rings. The van der Waals surface area contributed by atoms with Gasteiger partial charge in [0.2, 0.25) is 0 Å². The average Bonchev–Trinajstić information content (AvgIpc) is 3.08. The number of hydrogen-bond acceptors (Lipinski definition) is 4. The van der Waals surface area contributed by atoms with Crippen molar-refractivity contribution in [2.45, 2.75) is 53.0 Å². The highest BCUT2D eigenvalue weighted by Gasteiger charge is 2.18. The minimum Gasteiger partial charge on any atom is -0.478 e. The highest BCUT2D eigenvalue weighted by atomic mass is 16.4. The Hall–Kier alpha value is -3.48. The summed E-state index contributed by atoms with van der Waals surface area (Å²) in [6.07, 6.45) is 2.41. The van der Waals surface area contributed by atoms with Gasteiger partial charge in [-0.25, -0.2) is 9.59 Å². The maximum absolute atomic E-state index is 12.9. The van der Waals surface area contributed by atoms with Crippen LogP contribution in [0.3, 0.4) is 0 Å². The first-order valence-electron chi connectivity index (χ1n) is 10.9. The fraction of sp³-hybridized carbons (Fsp3) is 0.360. The average molecular weight is 436 g/mol. The quantitative estimate of drug-likeness (QED) is 0.534. The van der Waals surface area contributed by atoms with Crippen LogP contribution in [0.4, 0.5) is 0 Å². The summed E-state index contributed by atoms with van der Waals surface area (Å²) in [6, 6.07) is 14.3. The van der Waals surface area contributed by atoms with Gasteiger partial charge in [-0.1, -0.05) is 63.2 Å². The normalized spacial score (nSPS) is 11.1. The van der Waals surface area contributed by atoms with Gasteiger partial charge in [0.15, 0.2) is 0 Å². The Bertz CT molecular complexity index is 1160. The number of benzene rings is 2. The van der Waals surface area contributed by atoms with Crippen molar-refractivity contribution in [3.63, 3.8) is 0 Å². The summed E-state index contributed by atoms with van der Waals surface area (Å²) < 4.78 is 2.56. The van der Waals surface area contributed by atoms with Gasteiger partial charge in [-0.3, -0.25) is 9.36 Å². The molecule has 32 heavy (non-hydrogen) atoms. The van der Waals surface area contributed by atoms with Crippen LogP contribution in [0, 0.1) is 5.92 Å². The van der Waals surface area contributed by atoms with Crippen LogP contribution in [0.15, 0.2) is 53.3 Å². The van der Waals surface area contributed by atoms with Crippen molar-refractivity contribution in [2.75, 3.05) is 0 Å². The number of carboxylic acids is 1. The van der Waals surface area contributed by atoms with Crippen LogP contribution in [-0.4, -0.2) is 31.3 Å². The molecule has 0 saturated heterocycles. The van der Waals surface area contributed by atoms with Gasteiger partial charge >= 0.3 is 11.7 Å². The molecule has 0 bridgehead atoms. The zero-order valence-corrected chi connectivity index (χ0v) is 18.7. The number of aryl methyl sites for hydroxylation is 1. The summed E-state index contributed by atoms with van der Waals surface area (Å²) in [7, 11) is 0. The third-order valence-corrected chi connectivity index (χ3v) is 5.35. The fourth-order valence-corrected chi connectivity index (χ4v) is 3.57. The Kier molecular flexibility index (Phi) is 7.41. The largest absolute Gasteiger partial charge is 0.478 e. The van der Waals surface area contributed by atoms with E-state index in [9.17, 15) is 19.5 Å². The molecule has 1 N–H and O–H groups in total. The van der Waals surface area contributed by atoms with E-state index in [1.54, 1.807) is 28.8 Å². The Morgan fingerprint density at radius 3 is 2.38 bits per heavy atom. The summed E-state index contributed by atoms with van der Waals surface area (Å²) in [5.41, 5.74) is 2.12. The smallest absolute Gasteiger partial charge is 0.353 e. The number of nitrogens with zero attached hydrogens (tertiary/aromatic N) is 3. The molecule has 0 atom stereocenters. The number of hydrogen-bond donors (Lipinski definition) is 1. The molecule has 1 heterocycles. The fourth-order valence-electron chi connectivity index (χ4n) is 3.57. The van der Waals surface area contributed by atoms with Gasteiger partial charge in [0.25, 0.3) is 5.91 Å². The Balaban J connectivity index is 1.92. The van der Waals surface area contributed by atoms with Crippen LogP contribution in [0.5, 0.6) is 0 Å². The number of aromatic nitrogens is 3. The summed E-state index contributed by atoms with van der Waals surface area (Å²) in [6.45, 7) is 6.40. The minimum atomic E-state index is -0.977. The van der Waals surface area contributed by atoms with Gasteiger partial charge in [-0.2, -0.15) is 0 Å². The van der Waals surface area contributed by atoms with Crippen LogP contribution in [-0.2, 0) is 13.0 Å².